The molecule has 1 unspecified atom stereocenters. The number of benzene rings is 2. The predicted molar refractivity (Wildman–Crippen MR) is 83.0 cm³/mol. The molecule has 0 aliphatic carbocycles. The molecular formula is C16H17Cl2N. The van der Waals surface area contributed by atoms with Crippen molar-refractivity contribution >= 4 is 23.2 Å². The molecule has 0 spiro atoms. The van der Waals surface area contributed by atoms with Crippen molar-refractivity contribution in [3.63, 3.8) is 0 Å². The van der Waals surface area contributed by atoms with Crippen LogP contribution in [0.3, 0.4) is 0 Å². The Kier molecular flexibility index (Phi) is 4.51. The van der Waals surface area contributed by atoms with Gasteiger partial charge in [-0.25, -0.2) is 0 Å². The summed E-state index contributed by atoms with van der Waals surface area (Å²) in [6.45, 7) is 4.16. The van der Waals surface area contributed by atoms with Gasteiger partial charge in [-0.05, 0) is 54.7 Å². The fourth-order valence-electron chi connectivity index (χ4n) is 2.46. The second-order valence-electron chi connectivity index (χ2n) is 4.82. The van der Waals surface area contributed by atoms with Crippen molar-refractivity contribution in [3.05, 3.63) is 68.7 Å². The van der Waals surface area contributed by atoms with E-state index >= 15 is 0 Å². The van der Waals surface area contributed by atoms with E-state index < -0.39 is 0 Å². The van der Waals surface area contributed by atoms with Gasteiger partial charge < -0.3 is 5.73 Å². The quantitative estimate of drug-likeness (QED) is 0.860. The zero-order valence-electron chi connectivity index (χ0n) is 11.1. The van der Waals surface area contributed by atoms with E-state index in [4.69, 9.17) is 28.9 Å². The van der Waals surface area contributed by atoms with Crippen LogP contribution in [0.25, 0.3) is 0 Å². The number of rotatable bonds is 3. The molecule has 0 aliphatic rings. The average Bonchev–Trinajstić information content (AvgIpc) is 2.34. The second kappa shape index (κ2) is 5.96. The zero-order valence-corrected chi connectivity index (χ0v) is 12.6. The van der Waals surface area contributed by atoms with E-state index in [1.54, 1.807) is 0 Å². The molecule has 0 saturated carbocycles. The van der Waals surface area contributed by atoms with Crippen LogP contribution in [0.2, 0.25) is 10.0 Å². The summed E-state index contributed by atoms with van der Waals surface area (Å²) in [5, 5.41) is 1.35. The summed E-state index contributed by atoms with van der Waals surface area (Å²) in [5.41, 5.74) is 10.9. The van der Waals surface area contributed by atoms with E-state index in [2.05, 4.69) is 26.0 Å². The maximum atomic E-state index is 6.35. The topological polar surface area (TPSA) is 26.0 Å². The molecule has 2 rings (SSSR count). The van der Waals surface area contributed by atoms with Crippen LogP contribution in [-0.2, 0) is 6.42 Å². The maximum absolute atomic E-state index is 6.35. The molecule has 0 aliphatic heterocycles. The van der Waals surface area contributed by atoms with Crippen LogP contribution in [0, 0.1) is 13.8 Å². The van der Waals surface area contributed by atoms with Gasteiger partial charge in [-0.15, -0.1) is 0 Å². The summed E-state index contributed by atoms with van der Waals surface area (Å²) < 4.78 is 0. The average molecular weight is 294 g/mol. The first-order valence-electron chi connectivity index (χ1n) is 6.25. The third-order valence-corrected chi connectivity index (χ3v) is 4.11. The Balaban J connectivity index is 2.34. The van der Waals surface area contributed by atoms with Crippen molar-refractivity contribution in [2.24, 2.45) is 5.73 Å². The van der Waals surface area contributed by atoms with E-state index in [0.717, 1.165) is 5.56 Å². The summed E-state index contributed by atoms with van der Waals surface area (Å²) in [5.74, 6) is 0. The maximum Gasteiger partial charge on any atom is 0.0453 e. The van der Waals surface area contributed by atoms with Crippen molar-refractivity contribution in [2.45, 2.75) is 26.3 Å². The number of nitrogens with two attached hydrogens (primary N) is 1. The van der Waals surface area contributed by atoms with E-state index in [-0.39, 0.29) is 6.04 Å². The van der Waals surface area contributed by atoms with Gasteiger partial charge in [0, 0.05) is 16.1 Å². The minimum absolute atomic E-state index is 0.0985. The Labute approximate surface area is 124 Å². The van der Waals surface area contributed by atoms with Crippen LogP contribution < -0.4 is 5.73 Å². The fourth-order valence-corrected chi connectivity index (χ4v) is 3.01. The Morgan fingerprint density at radius 3 is 1.95 bits per heavy atom. The van der Waals surface area contributed by atoms with Crippen molar-refractivity contribution in [1.82, 2.24) is 0 Å². The number of hydrogen-bond donors (Lipinski definition) is 1. The first-order valence-corrected chi connectivity index (χ1v) is 7.01. The monoisotopic (exact) mass is 293 g/mol. The van der Waals surface area contributed by atoms with E-state index in [0.29, 0.717) is 16.5 Å². The highest BCUT2D eigenvalue weighted by Gasteiger charge is 2.15. The van der Waals surface area contributed by atoms with Gasteiger partial charge in [-0.2, -0.15) is 0 Å². The second-order valence-corrected chi connectivity index (χ2v) is 5.63. The molecule has 0 bridgehead atoms. The van der Waals surface area contributed by atoms with Crippen molar-refractivity contribution in [2.75, 3.05) is 0 Å². The molecule has 2 N–H and O–H groups in total. The molecule has 0 aromatic heterocycles. The largest absolute Gasteiger partial charge is 0.324 e. The summed E-state index contributed by atoms with van der Waals surface area (Å²) >= 11 is 12.4. The predicted octanol–water partition coefficient (Wildman–Crippen LogP) is 4.85. The zero-order chi connectivity index (χ0) is 14.0. The fraction of sp³-hybridized carbons (Fsp3) is 0.250. The third-order valence-electron chi connectivity index (χ3n) is 3.40. The molecule has 2 aromatic rings. The molecule has 100 valence electrons. The minimum Gasteiger partial charge on any atom is -0.324 e. The molecule has 1 atom stereocenters. The Morgan fingerprint density at radius 2 is 1.42 bits per heavy atom. The lowest BCUT2D eigenvalue weighted by Crippen LogP contribution is -2.16. The lowest BCUT2D eigenvalue weighted by Gasteiger charge is -2.19. The smallest absolute Gasteiger partial charge is 0.0453 e. The molecule has 19 heavy (non-hydrogen) atoms. The van der Waals surface area contributed by atoms with E-state index in [9.17, 15) is 0 Å². The van der Waals surface area contributed by atoms with Crippen LogP contribution in [0.5, 0.6) is 0 Å². The normalized spacial score (nSPS) is 12.5. The van der Waals surface area contributed by atoms with Gasteiger partial charge >= 0.3 is 0 Å². The van der Waals surface area contributed by atoms with Gasteiger partial charge in [-0.3, -0.25) is 0 Å². The summed E-state index contributed by atoms with van der Waals surface area (Å²) in [6, 6.07) is 11.6. The summed E-state index contributed by atoms with van der Waals surface area (Å²) in [4.78, 5) is 0. The van der Waals surface area contributed by atoms with Crippen molar-refractivity contribution < 1.29 is 0 Å². The molecule has 0 heterocycles. The van der Waals surface area contributed by atoms with Crippen LogP contribution >= 0.6 is 23.2 Å². The van der Waals surface area contributed by atoms with Gasteiger partial charge in [0.1, 0.15) is 0 Å². The van der Waals surface area contributed by atoms with Gasteiger partial charge in [-0.1, -0.05) is 47.5 Å². The number of hydrogen-bond acceptors (Lipinski definition) is 1. The first kappa shape index (κ1) is 14.4. The SMILES string of the molecule is Cc1cccc(C)c1C(N)Cc1c(Cl)cccc1Cl. The number of halogens is 2. The standard InChI is InChI=1S/C16H17Cl2N/c1-10-5-3-6-11(2)16(10)15(19)9-12-13(17)7-4-8-14(12)18/h3-8,15H,9,19H2,1-2H3. The van der Waals surface area contributed by atoms with E-state index in [1.807, 2.05) is 24.3 Å². The van der Waals surface area contributed by atoms with Crippen LogP contribution in [-0.4, -0.2) is 0 Å². The lowest BCUT2D eigenvalue weighted by atomic mass is 9.92. The molecule has 0 amide bonds. The highest BCUT2D eigenvalue weighted by Crippen LogP contribution is 2.30. The number of aryl methyl sites for hydroxylation is 2. The van der Waals surface area contributed by atoms with Gasteiger partial charge in [0.05, 0.1) is 0 Å². The Hall–Kier alpha value is -1.02. The van der Waals surface area contributed by atoms with Crippen molar-refractivity contribution in [1.29, 1.82) is 0 Å². The van der Waals surface area contributed by atoms with Crippen LogP contribution in [0.1, 0.15) is 28.3 Å². The molecule has 3 heteroatoms. The molecule has 0 fully saturated rings. The molecular weight excluding hydrogens is 277 g/mol. The molecule has 0 saturated heterocycles. The van der Waals surface area contributed by atoms with Gasteiger partial charge in [0.2, 0.25) is 0 Å². The highest BCUT2D eigenvalue weighted by molar-refractivity contribution is 6.36. The first-order chi connectivity index (χ1) is 9.00. The van der Waals surface area contributed by atoms with E-state index in [1.165, 1.54) is 16.7 Å². The van der Waals surface area contributed by atoms with Gasteiger partial charge in [0.25, 0.3) is 0 Å². The summed E-state index contributed by atoms with van der Waals surface area (Å²) in [6.07, 6.45) is 0.643. The van der Waals surface area contributed by atoms with Gasteiger partial charge in [0.15, 0.2) is 0 Å². The third kappa shape index (κ3) is 3.11. The highest BCUT2D eigenvalue weighted by atomic mass is 35.5. The molecule has 1 nitrogen and oxygen atoms in total. The van der Waals surface area contributed by atoms with Crippen LogP contribution in [0.15, 0.2) is 36.4 Å². The Morgan fingerprint density at radius 1 is 0.947 bits per heavy atom. The molecule has 2 aromatic carbocycles. The minimum atomic E-state index is -0.0985. The van der Waals surface area contributed by atoms with Crippen molar-refractivity contribution in [3.8, 4) is 0 Å². The Bertz CT molecular complexity index is 553. The lowest BCUT2D eigenvalue weighted by molar-refractivity contribution is 0.711. The molecule has 0 radical (unpaired) electrons. The van der Waals surface area contributed by atoms with Crippen LogP contribution in [0.4, 0.5) is 0 Å². The summed E-state index contributed by atoms with van der Waals surface area (Å²) in [7, 11) is 0.